The number of carbonyl (C=O) groups is 2. The molecule has 0 radical (unpaired) electrons. The summed E-state index contributed by atoms with van der Waals surface area (Å²) in [6.45, 7) is 0.631. The highest BCUT2D eigenvalue weighted by atomic mass is 16.6. The molecule has 12 nitrogen and oxygen atoms in total. The Bertz CT molecular complexity index is 1610. The smallest absolute Gasteiger partial charge is 0.338 e. The summed E-state index contributed by atoms with van der Waals surface area (Å²) in [5.74, 6) is -4.97. The molecule has 2 aromatic carbocycles. The van der Waals surface area contributed by atoms with E-state index in [0.29, 0.717) is 12.1 Å². The second kappa shape index (κ2) is 12.1. The molecule has 12 heteroatoms. The minimum Gasteiger partial charge on any atom is -0.458 e. The molecule has 1 aliphatic heterocycles. The average Bonchev–Trinajstić information content (AvgIpc) is 3.49. The normalized spacial score (nSPS) is 46.8. The lowest BCUT2D eigenvalue weighted by Crippen LogP contribution is -2.80. The molecule has 270 valence electrons. The van der Waals surface area contributed by atoms with Gasteiger partial charge in [0.1, 0.15) is 12.2 Å². The van der Waals surface area contributed by atoms with Gasteiger partial charge < -0.3 is 48.6 Å². The van der Waals surface area contributed by atoms with Gasteiger partial charge in [-0.05, 0) is 31.3 Å². The largest absolute Gasteiger partial charge is 0.458 e. The number of nitrogens with zero attached hydrogens (tertiary/aromatic N) is 1. The molecule has 1 spiro atoms. The van der Waals surface area contributed by atoms with E-state index in [1.54, 1.807) is 82.0 Å². The Labute approximate surface area is 291 Å². The SMILES string of the molecule is COC[C@]12CN(C)[C@@H]3[C@@H]4[C@H](OC)[C@H]1[C@@]3([C@@H](OC)CC2O)[C@@H]1C(O)[C@@H]2[C@@H](OC)[C@H](O)[C@@]4(OC(=O)c3ccccc3)[C@H]1[C@H]2OC(=O)c1ccccc1. The van der Waals surface area contributed by atoms with Gasteiger partial charge in [-0.3, -0.25) is 0 Å². The van der Waals surface area contributed by atoms with Crippen LogP contribution in [0.3, 0.4) is 0 Å². The van der Waals surface area contributed by atoms with E-state index < -0.39 is 107 Å². The van der Waals surface area contributed by atoms with Crippen molar-refractivity contribution in [3.8, 4) is 0 Å². The summed E-state index contributed by atoms with van der Waals surface area (Å²) in [6, 6.07) is 16.7. The lowest BCUT2D eigenvalue weighted by Gasteiger charge is -2.70. The van der Waals surface area contributed by atoms with Gasteiger partial charge in [0.2, 0.25) is 0 Å². The fraction of sp³-hybridized carbons (Fsp3) is 0.632. The maximum absolute atomic E-state index is 14.4. The minimum absolute atomic E-state index is 0.198. The van der Waals surface area contributed by atoms with Crippen LogP contribution in [0.1, 0.15) is 27.1 Å². The Morgan fingerprint density at radius 1 is 0.800 bits per heavy atom. The fourth-order valence-electron chi connectivity index (χ4n) is 12.8. The number of likely N-dealkylation sites (tertiary alicyclic amines) is 1. The number of aliphatic hydroxyl groups excluding tert-OH is 3. The van der Waals surface area contributed by atoms with Gasteiger partial charge in [0, 0.05) is 81.9 Å². The molecule has 8 rings (SSSR count). The number of carbonyl (C=O) groups excluding carboxylic acids is 2. The predicted molar refractivity (Wildman–Crippen MR) is 176 cm³/mol. The molecule has 5 aliphatic carbocycles. The molecule has 1 heterocycles. The molecule has 0 amide bonds. The van der Waals surface area contributed by atoms with Gasteiger partial charge in [-0.25, -0.2) is 9.59 Å². The molecular formula is C38H47NO11. The molecule has 2 aromatic rings. The Morgan fingerprint density at radius 2 is 1.42 bits per heavy atom. The van der Waals surface area contributed by atoms with E-state index in [9.17, 15) is 24.9 Å². The van der Waals surface area contributed by atoms with Crippen molar-refractivity contribution in [3.63, 3.8) is 0 Å². The molecule has 6 fully saturated rings. The zero-order chi connectivity index (χ0) is 35.3. The van der Waals surface area contributed by atoms with Crippen LogP contribution < -0.4 is 0 Å². The lowest BCUT2D eigenvalue weighted by atomic mass is 9.42. The molecule has 1 saturated heterocycles. The topological polar surface area (TPSA) is 153 Å². The summed E-state index contributed by atoms with van der Waals surface area (Å²) in [5, 5.41) is 37.7. The van der Waals surface area contributed by atoms with E-state index in [4.69, 9.17) is 28.4 Å². The third-order valence-corrected chi connectivity index (χ3v) is 13.8. The minimum atomic E-state index is -1.78. The van der Waals surface area contributed by atoms with Crippen molar-refractivity contribution in [1.82, 2.24) is 4.90 Å². The van der Waals surface area contributed by atoms with E-state index >= 15 is 0 Å². The maximum Gasteiger partial charge on any atom is 0.338 e. The van der Waals surface area contributed by atoms with Crippen molar-refractivity contribution >= 4 is 11.9 Å². The van der Waals surface area contributed by atoms with Gasteiger partial charge in [-0.15, -0.1) is 0 Å². The Balaban J connectivity index is 1.41. The zero-order valence-corrected chi connectivity index (χ0v) is 29.0. The van der Waals surface area contributed by atoms with Crippen LogP contribution in [0, 0.1) is 40.4 Å². The number of rotatable bonds is 9. The van der Waals surface area contributed by atoms with Gasteiger partial charge in [0.15, 0.2) is 5.60 Å². The first-order chi connectivity index (χ1) is 24.1. The van der Waals surface area contributed by atoms with Gasteiger partial charge in [-0.2, -0.15) is 0 Å². The second-order valence-corrected chi connectivity index (χ2v) is 15.3. The third-order valence-electron chi connectivity index (χ3n) is 13.8. The summed E-state index contributed by atoms with van der Waals surface area (Å²) in [6.07, 6.45) is -6.61. The van der Waals surface area contributed by atoms with Crippen LogP contribution in [-0.2, 0) is 28.4 Å². The molecule has 5 saturated carbocycles. The third kappa shape index (κ3) is 4.04. The van der Waals surface area contributed by atoms with Crippen LogP contribution in [0.25, 0.3) is 0 Å². The molecular weight excluding hydrogens is 646 g/mol. The first kappa shape index (κ1) is 34.2. The highest BCUT2D eigenvalue weighted by Crippen LogP contribution is 2.80. The van der Waals surface area contributed by atoms with Crippen LogP contribution in [0.15, 0.2) is 60.7 Å². The van der Waals surface area contributed by atoms with Crippen molar-refractivity contribution in [1.29, 1.82) is 0 Å². The molecule has 6 aliphatic rings. The highest BCUT2D eigenvalue weighted by molar-refractivity contribution is 5.90. The molecule has 3 N–H and O–H groups in total. The molecule has 50 heavy (non-hydrogen) atoms. The molecule has 7 bridgehead atoms. The summed E-state index contributed by atoms with van der Waals surface area (Å²) >= 11 is 0. The van der Waals surface area contributed by atoms with E-state index in [-0.39, 0.29) is 18.6 Å². The fourth-order valence-corrected chi connectivity index (χ4v) is 12.8. The van der Waals surface area contributed by atoms with Crippen LogP contribution in [-0.4, -0.2) is 135 Å². The standard InChI is InChI=1S/C38H47NO11/c1-39-17-36(18-45-2)21(40)16-22(46-3)37-24-25-28(49-34(43)19-12-8-6-9-13-19)23(27(24)41)29(47-4)33(42)38(25,26(32(37)39)30(48-5)31(36)37)50-35(44)20-14-10-7-11-15-20/h6-15,21-33,40-42H,16-18H2,1-5H3/t21?,22-,23-,24-,25+,26-,27?,28-,29+,30-,31+,32+,33-,36-,37+,38+/m0/s1. The van der Waals surface area contributed by atoms with Gasteiger partial charge in [0.05, 0.1) is 54.2 Å². The predicted octanol–water partition coefficient (Wildman–Crippen LogP) is 1.41. The van der Waals surface area contributed by atoms with E-state index in [0.717, 1.165) is 0 Å². The number of methoxy groups -OCH3 is 4. The second-order valence-electron chi connectivity index (χ2n) is 15.3. The van der Waals surface area contributed by atoms with Crippen molar-refractivity contribution in [2.24, 2.45) is 40.4 Å². The van der Waals surface area contributed by atoms with E-state index in [1.165, 1.54) is 7.11 Å². The van der Waals surface area contributed by atoms with Gasteiger partial charge in [-0.1, -0.05) is 36.4 Å². The Hall–Kier alpha value is -2.94. The Morgan fingerprint density at radius 3 is 2.00 bits per heavy atom. The highest BCUT2D eigenvalue weighted by Gasteiger charge is 2.91. The summed E-state index contributed by atoms with van der Waals surface area (Å²) < 4.78 is 38.1. The summed E-state index contributed by atoms with van der Waals surface area (Å²) in [5.41, 5.74) is -2.95. The maximum atomic E-state index is 14.4. The number of fused-ring (bicyclic) bond motifs is 2. The Kier molecular flexibility index (Phi) is 8.24. The van der Waals surface area contributed by atoms with Gasteiger partial charge in [0.25, 0.3) is 0 Å². The number of piperidine rings is 1. The van der Waals surface area contributed by atoms with Crippen molar-refractivity contribution in [2.75, 3.05) is 48.6 Å². The molecule has 2 unspecified atom stereocenters. The molecule has 0 aromatic heterocycles. The number of benzene rings is 2. The van der Waals surface area contributed by atoms with E-state index in [1.807, 2.05) is 7.05 Å². The number of aliphatic hydroxyl groups is 3. The summed E-state index contributed by atoms with van der Waals surface area (Å²) in [7, 11) is 8.23. The van der Waals surface area contributed by atoms with Gasteiger partial charge >= 0.3 is 11.9 Å². The molecule has 16 atom stereocenters. The zero-order valence-electron chi connectivity index (χ0n) is 29.0. The number of hydrogen-bond acceptors (Lipinski definition) is 12. The first-order valence-corrected chi connectivity index (χ1v) is 17.5. The monoisotopic (exact) mass is 693 g/mol. The van der Waals surface area contributed by atoms with E-state index in [2.05, 4.69) is 4.90 Å². The van der Waals surface area contributed by atoms with Crippen LogP contribution >= 0.6 is 0 Å². The quantitative estimate of drug-likeness (QED) is 0.326. The number of hydrogen-bond donors (Lipinski definition) is 3. The number of ether oxygens (including phenoxy) is 6. The first-order valence-electron chi connectivity index (χ1n) is 17.5. The van der Waals surface area contributed by atoms with Crippen LogP contribution in [0.4, 0.5) is 0 Å². The van der Waals surface area contributed by atoms with Crippen molar-refractivity contribution in [3.05, 3.63) is 71.8 Å². The van der Waals surface area contributed by atoms with Crippen molar-refractivity contribution < 1.29 is 53.3 Å². The number of esters is 2. The summed E-state index contributed by atoms with van der Waals surface area (Å²) in [4.78, 5) is 30.5. The average molecular weight is 694 g/mol. The van der Waals surface area contributed by atoms with Crippen LogP contribution in [0.2, 0.25) is 0 Å². The lowest BCUT2D eigenvalue weighted by molar-refractivity contribution is -0.309. The van der Waals surface area contributed by atoms with Crippen molar-refractivity contribution in [2.45, 2.75) is 60.8 Å². The van der Waals surface area contributed by atoms with Crippen LogP contribution in [0.5, 0.6) is 0 Å².